The van der Waals surface area contributed by atoms with Gasteiger partial charge < -0.3 is 5.11 Å². The van der Waals surface area contributed by atoms with E-state index in [0.717, 1.165) is 19.5 Å². The molecule has 2 rings (SSSR count). The molecule has 1 unspecified atom stereocenters. The first-order valence-corrected chi connectivity index (χ1v) is 5.66. The lowest BCUT2D eigenvalue weighted by Crippen LogP contribution is -2.23. The lowest BCUT2D eigenvalue weighted by Gasteiger charge is -2.16. The molecule has 1 saturated heterocycles. The first-order valence-electron chi connectivity index (χ1n) is 5.66. The number of hydrogen-bond acceptors (Lipinski definition) is 2. The van der Waals surface area contributed by atoms with E-state index in [1.807, 2.05) is 12.1 Å². The molecule has 0 saturated carbocycles. The number of benzene rings is 1. The van der Waals surface area contributed by atoms with Gasteiger partial charge in [0.1, 0.15) is 0 Å². The van der Waals surface area contributed by atoms with Gasteiger partial charge in [0.25, 0.3) is 0 Å². The number of carbonyl (C=O) groups is 1. The van der Waals surface area contributed by atoms with Crippen molar-refractivity contribution in [2.45, 2.75) is 19.9 Å². The van der Waals surface area contributed by atoms with E-state index in [1.165, 1.54) is 11.1 Å². The highest BCUT2D eigenvalue weighted by Gasteiger charge is 2.27. The Balaban J connectivity index is 0.00000144. The molecule has 1 atom stereocenters. The van der Waals surface area contributed by atoms with Gasteiger partial charge in [-0.15, -0.1) is 12.4 Å². The van der Waals surface area contributed by atoms with E-state index in [9.17, 15) is 4.79 Å². The van der Waals surface area contributed by atoms with Crippen LogP contribution in [0.25, 0.3) is 0 Å². The maximum atomic E-state index is 10.8. The summed E-state index contributed by atoms with van der Waals surface area (Å²) in [6.07, 6.45) is 0.779. The minimum Gasteiger partial charge on any atom is -0.481 e. The maximum absolute atomic E-state index is 10.8. The Hall–Kier alpha value is -1.06. The highest BCUT2D eigenvalue weighted by Crippen LogP contribution is 2.19. The van der Waals surface area contributed by atoms with Crippen LogP contribution in [0.5, 0.6) is 0 Å². The number of hydrogen-bond donors (Lipinski definition) is 1. The first kappa shape index (κ1) is 14.0. The van der Waals surface area contributed by atoms with Gasteiger partial charge in [-0.2, -0.15) is 0 Å². The molecule has 0 amide bonds. The van der Waals surface area contributed by atoms with Crippen LogP contribution in [0.2, 0.25) is 0 Å². The van der Waals surface area contributed by atoms with Crippen LogP contribution in [0.15, 0.2) is 24.3 Å². The summed E-state index contributed by atoms with van der Waals surface area (Å²) >= 11 is 0. The average Bonchev–Trinajstić information content (AvgIpc) is 2.70. The molecule has 1 aromatic rings. The summed E-state index contributed by atoms with van der Waals surface area (Å²) in [4.78, 5) is 13.1. The molecule has 1 heterocycles. The molecule has 17 heavy (non-hydrogen) atoms. The second-order valence-corrected chi connectivity index (χ2v) is 4.49. The van der Waals surface area contributed by atoms with Gasteiger partial charge in [-0.25, -0.2) is 0 Å². The summed E-state index contributed by atoms with van der Waals surface area (Å²) in [6.45, 7) is 4.55. The normalized spacial score (nSPS) is 19.9. The molecule has 94 valence electrons. The van der Waals surface area contributed by atoms with Crippen molar-refractivity contribution in [1.82, 2.24) is 4.90 Å². The fourth-order valence-electron chi connectivity index (χ4n) is 2.21. The Bertz CT molecular complexity index is 395. The number of carboxylic acid groups (broad SMARTS) is 1. The number of halogens is 1. The van der Waals surface area contributed by atoms with Crippen LogP contribution in [0.1, 0.15) is 17.5 Å². The van der Waals surface area contributed by atoms with Gasteiger partial charge in [-0.3, -0.25) is 9.69 Å². The summed E-state index contributed by atoms with van der Waals surface area (Å²) in [5.41, 5.74) is 2.58. The minimum atomic E-state index is -0.660. The predicted octanol–water partition coefficient (Wildman–Crippen LogP) is 2.32. The molecule has 1 aromatic carbocycles. The molecule has 0 radical (unpaired) electrons. The quantitative estimate of drug-likeness (QED) is 0.901. The molecular weight excluding hydrogens is 238 g/mol. The van der Waals surface area contributed by atoms with Gasteiger partial charge in [-0.05, 0) is 31.0 Å². The van der Waals surface area contributed by atoms with Gasteiger partial charge >= 0.3 is 5.97 Å². The van der Waals surface area contributed by atoms with Crippen LogP contribution in [-0.4, -0.2) is 29.1 Å². The van der Waals surface area contributed by atoms with E-state index in [-0.39, 0.29) is 18.3 Å². The van der Waals surface area contributed by atoms with Gasteiger partial charge in [0.15, 0.2) is 0 Å². The Labute approximate surface area is 108 Å². The third-order valence-electron chi connectivity index (χ3n) is 3.28. The van der Waals surface area contributed by atoms with E-state index in [2.05, 4.69) is 24.0 Å². The van der Waals surface area contributed by atoms with Gasteiger partial charge in [-0.1, -0.05) is 24.3 Å². The zero-order valence-corrected chi connectivity index (χ0v) is 10.7. The zero-order valence-electron chi connectivity index (χ0n) is 9.93. The molecular formula is C13H18ClNO2. The second-order valence-electron chi connectivity index (χ2n) is 4.49. The zero-order chi connectivity index (χ0) is 11.5. The van der Waals surface area contributed by atoms with Crippen molar-refractivity contribution in [2.24, 2.45) is 5.92 Å². The fourth-order valence-corrected chi connectivity index (χ4v) is 2.21. The summed E-state index contributed by atoms with van der Waals surface area (Å²) in [7, 11) is 0. The van der Waals surface area contributed by atoms with Crippen molar-refractivity contribution < 1.29 is 9.90 Å². The second kappa shape index (κ2) is 6.03. The van der Waals surface area contributed by atoms with Crippen LogP contribution in [0.4, 0.5) is 0 Å². The van der Waals surface area contributed by atoms with Crippen molar-refractivity contribution >= 4 is 18.4 Å². The van der Waals surface area contributed by atoms with Gasteiger partial charge in [0, 0.05) is 13.1 Å². The topological polar surface area (TPSA) is 40.5 Å². The molecule has 0 bridgehead atoms. The van der Waals surface area contributed by atoms with E-state index >= 15 is 0 Å². The number of aliphatic carboxylic acids is 1. The SMILES string of the molecule is Cc1ccccc1CN1CCC(C(=O)O)C1.Cl. The fraction of sp³-hybridized carbons (Fsp3) is 0.462. The lowest BCUT2D eigenvalue weighted by atomic mass is 10.1. The van der Waals surface area contributed by atoms with Crippen LogP contribution in [-0.2, 0) is 11.3 Å². The Kier molecular flexibility index (Phi) is 4.97. The lowest BCUT2D eigenvalue weighted by molar-refractivity contribution is -0.141. The maximum Gasteiger partial charge on any atom is 0.307 e. The van der Waals surface area contributed by atoms with Gasteiger partial charge in [0.2, 0.25) is 0 Å². The highest BCUT2D eigenvalue weighted by atomic mass is 35.5. The van der Waals surface area contributed by atoms with E-state index < -0.39 is 5.97 Å². The molecule has 0 spiro atoms. The molecule has 0 aromatic heterocycles. The molecule has 0 aliphatic carbocycles. The van der Waals surface area contributed by atoms with Crippen molar-refractivity contribution in [1.29, 1.82) is 0 Å². The number of likely N-dealkylation sites (tertiary alicyclic amines) is 1. The van der Waals surface area contributed by atoms with Crippen LogP contribution in [0, 0.1) is 12.8 Å². The van der Waals surface area contributed by atoms with Crippen LogP contribution in [0.3, 0.4) is 0 Å². The highest BCUT2D eigenvalue weighted by molar-refractivity contribution is 5.85. The number of rotatable bonds is 3. The Morgan fingerprint density at radius 3 is 2.76 bits per heavy atom. The smallest absolute Gasteiger partial charge is 0.307 e. The summed E-state index contributed by atoms with van der Waals surface area (Å²) < 4.78 is 0. The predicted molar refractivity (Wildman–Crippen MR) is 69.4 cm³/mol. The molecule has 1 aliphatic heterocycles. The third kappa shape index (κ3) is 3.45. The molecule has 1 aliphatic rings. The summed E-state index contributed by atoms with van der Waals surface area (Å²) in [5, 5.41) is 8.93. The first-order chi connectivity index (χ1) is 7.66. The largest absolute Gasteiger partial charge is 0.481 e. The molecule has 3 nitrogen and oxygen atoms in total. The van der Waals surface area contributed by atoms with E-state index in [4.69, 9.17) is 5.11 Å². The Morgan fingerprint density at radius 2 is 2.18 bits per heavy atom. The number of aryl methyl sites for hydroxylation is 1. The van der Waals surface area contributed by atoms with Crippen molar-refractivity contribution in [3.05, 3.63) is 35.4 Å². The molecule has 1 fully saturated rings. The Morgan fingerprint density at radius 1 is 1.47 bits per heavy atom. The van der Waals surface area contributed by atoms with E-state index in [0.29, 0.717) is 6.54 Å². The monoisotopic (exact) mass is 255 g/mol. The standard InChI is InChI=1S/C13H17NO2.ClH/c1-10-4-2-3-5-11(10)8-14-7-6-12(9-14)13(15)16;/h2-5,12H,6-9H2,1H3,(H,15,16);1H. The number of nitrogens with zero attached hydrogens (tertiary/aromatic N) is 1. The molecule has 4 heteroatoms. The van der Waals surface area contributed by atoms with Crippen LogP contribution >= 0.6 is 12.4 Å². The number of carboxylic acids is 1. The molecule has 1 N–H and O–H groups in total. The summed E-state index contributed by atoms with van der Waals surface area (Å²) in [6, 6.07) is 8.28. The third-order valence-corrected chi connectivity index (χ3v) is 3.28. The van der Waals surface area contributed by atoms with Crippen molar-refractivity contribution in [2.75, 3.05) is 13.1 Å². The van der Waals surface area contributed by atoms with Crippen LogP contribution < -0.4 is 0 Å². The average molecular weight is 256 g/mol. The van der Waals surface area contributed by atoms with Gasteiger partial charge in [0.05, 0.1) is 5.92 Å². The van der Waals surface area contributed by atoms with Crippen molar-refractivity contribution in [3.63, 3.8) is 0 Å². The van der Waals surface area contributed by atoms with E-state index in [1.54, 1.807) is 0 Å². The summed E-state index contributed by atoms with van der Waals surface area (Å²) in [5.74, 6) is -0.837. The van der Waals surface area contributed by atoms with Crippen molar-refractivity contribution in [3.8, 4) is 0 Å². The minimum absolute atomic E-state index is 0.